The number of hydrogen-bond donors (Lipinski definition) is 0. The number of hydrogen-bond acceptors (Lipinski definition) is 2. The first kappa shape index (κ1) is 13.8. The molecule has 1 aliphatic rings. The smallest absolute Gasteiger partial charge is 0.144 e. The van der Waals surface area contributed by atoms with Crippen LogP contribution in [0.5, 0.6) is 0 Å². The lowest BCUT2D eigenvalue weighted by molar-refractivity contribution is 0.607. The maximum Gasteiger partial charge on any atom is 0.144 e. The molecule has 0 radical (unpaired) electrons. The molecule has 0 unspecified atom stereocenters. The Labute approximate surface area is 115 Å². The SMILES string of the molecule is CS(C)(=O)=O.c1ccc2c(c1)Cc1ccccc1C2. The molecule has 100 valence electrons. The first-order valence-corrected chi connectivity index (χ1v) is 8.52. The van der Waals surface area contributed by atoms with Gasteiger partial charge in [0.2, 0.25) is 0 Å². The maximum absolute atomic E-state index is 9.63. The van der Waals surface area contributed by atoms with Gasteiger partial charge in [-0.25, -0.2) is 8.42 Å². The topological polar surface area (TPSA) is 34.1 Å². The Morgan fingerprint density at radius 2 is 0.895 bits per heavy atom. The van der Waals surface area contributed by atoms with Crippen LogP contribution in [0, 0.1) is 0 Å². The van der Waals surface area contributed by atoms with Gasteiger partial charge in [-0.1, -0.05) is 48.5 Å². The summed E-state index contributed by atoms with van der Waals surface area (Å²) in [4.78, 5) is 0. The van der Waals surface area contributed by atoms with E-state index in [9.17, 15) is 8.42 Å². The lowest BCUT2D eigenvalue weighted by atomic mass is 9.86. The van der Waals surface area contributed by atoms with E-state index in [1.807, 2.05) is 0 Å². The van der Waals surface area contributed by atoms with E-state index in [4.69, 9.17) is 0 Å². The predicted molar refractivity (Wildman–Crippen MR) is 79.3 cm³/mol. The summed E-state index contributed by atoms with van der Waals surface area (Å²) < 4.78 is 19.3. The van der Waals surface area contributed by atoms with Crippen molar-refractivity contribution in [1.82, 2.24) is 0 Å². The van der Waals surface area contributed by atoms with Gasteiger partial charge in [-0.15, -0.1) is 0 Å². The van der Waals surface area contributed by atoms with E-state index in [0.717, 1.165) is 25.4 Å². The van der Waals surface area contributed by atoms with Gasteiger partial charge in [-0.2, -0.15) is 0 Å². The molecular formula is C16H18O2S. The van der Waals surface area contributed by atoms with E-state index in [-0.39, 0.29) is 0 Å². The van der Waals surface area contributed by atoms with Crippen molar-refractivity contribution >= 4 is 9.84 Å². The van der Waals surface area contributed by atoms with Crippen molar-refractivity contribution in [3.8, 4) is 0 Å². The number of fused-ring (bicyclic) bond motifs is 2. The van der Waals surface area contributed by atoms with Gasteiger partial charge in [0.1, 0.15) is 9.84 Å². The summed E-state index contributed by atoms with van der Waals surface area (Å²) in [7, 11) is -2.67. The lowest BCUT2D eigenvalue weighted by Crippen LogP contribution is -2.06. The monoisotopic (exact) mass is 274 g/mol. The highest BCUT2D eigenvalue weighted by Crippen LogP contribution is 2.26. The Bertz CT molecular complexity index is 577. The predicted octanol–water partition coefficient (Wildman–Crippen LogP) is 2.84. The second-order valence-corrected chi connectivity index (χ2v) is 7.32. The number of sulfone groups is 1. The molecule has 0 fully saturated rings. The minimum absolute atomic E-state index is 1.10. The van der Waals surface area contributed by atoms with Crippen LogP contribution in [0.3, 0.4) is 0 Å². The Morgan fingerprint density at radius 1 is 0.684 bits per heavy atom. The van der Waals surface area contributed by atoms with Gasteiger partial charge >= 0.3 is 0 Å². The van der Waals surface area contributed by atoms with Gasteiger partial charge < -0.3 is 0 Å². The van der Waals surface area contributed by atoms with Gasteiger partial charge in [0.25, 0.3) is 0 Å². The third-order valence-electron chi connectivity index (χ3n) is 3.00. The third kappa shape index (κ3) is 4.21. The van der Waals surface area contributed by atoms with Gasteiger partial charge in [0.05, 0.1) is 0 Å². The zero-order valence-corrected chi connectivity index (χ0v) is 12.1. The van der Waals surface area contributed by atoms with Gasteiger partial charge in [0.15, 0.2) is 0 Å². The minimum atomic E-state index is -2.67. The Kier molecular flexibility index (Phi) is 4.05. The van der Waals surface area contributed by atoms with E-state index in [1.165, 1.54) is 22.3 Å². The Morgan fingerprint density at radius 3 is 1.11 bits per heavy atom. The largest absolute Gasteiger partial charge is 0.229 e. The lowest BCUT2D eigenvalue weighted by Gasteiger charge is -2.18. The summed E-state index contributed by atoms with van der Waals surface area (Å²) in [6.45, 7) is 0. The van der Waals surface area contributed by atoms with Crippen molar-refractivity contribution in [2.24, 2.45) is 0 Å². The van der Waals surface area contributed by atoms with Crippen LogP contribution < -0.4 is 0 Å². The molecule has 2 nitrogen and oxygen atoms in total. The van der Waals surface area contributed by atoms with Gasteiger partial charge in [-0.05, 0) is 35.1 Å². The van der Waals surface area contributed by atoms with Crippen molar-refractivity contribution in [3.05, 3.63) is 70.8 Å². The van der Waals surface area contributed by atoms with Gasteiger partial charge in [0, 0.05) is 12.5 Å². The molecule has 0 aromatic heterocycles. The molecule has 0 saturated carbocycles. The summed E-state index contributed by atoms with van der Waals surface area (Å²) in [6, 6.07) is 17.5. The zero-order chi connectivity index (χ0) is 13.9. The van der Waals surface area contributed by atoms with Crippen molar-refractivity contribution in [3.63, 3.8) is 0 Å². The molecule has 0 atom stereocenters. The van der Waals surface area contributed by atoms with Crippen molar-refractivity contribution in [1.29, 1.82) is 0 Å². The molecular weight excluding hydrogens is 256 g/mol. The van der Waals surface area contributed by atoms with Gasteiger partial charge in [-0.3, -0.25) is 0 Å². The summed E-state index contributed by atoms with van der Waals surface area (Å²) in [5.41, 5.74) is 5.97. The van der Waals surface area contributed by atoms with Crippen LogP contribution in [0.25, 0.3) is 0 Å². The molecule has 0 aliphatic heterocycles. The minimum Gasteiger partial charge on any atom is -0.229 e. The summed E-state index contributed by atoms with van der Waals surface area (Å²) >= 11 is 0. The van der Waals surface area contributed by atoms with Crippen LogP contribution in [0.4, 0.5) is 0 Å². The Balaban J connectivity index is 0.000000232. The molecule has 0 heterocycles. The van der Waals surface area contributed by atoms with Crippen molar-refractivity contribution < 1.29 is 8.42 Å². The second-order valence-electron chi connectivity index (χ2n) is 5.03. The van der Waals surface area contributed by atoms with Crippen molar-refractivity contribution in [2.75, 3.05) is 12.5 Å². The zero-order valence-electron chi connectivity index (χ0n) is 11.3. The number of rotatable bonds is 0. The highest BCUT2D eigenvalue weighted by molar-refractivity contribution is 7.89. The van der Waals surface area contributed by atoms with E-state index in [2.05, 4.69) is 48.5 Å². The van der Waals surface area contributed by atoms with Crippen LogP contribution in [-0.4, -0.2) is 20.9 Å². The normalized spacial score (nSPS) is 12.7. The van der Waals surface area contributed by atoms with E-state index >= 15 is 0 Å². The summed E-state index contributed by atoms with van der Waals surface area (Å²) in [5.74, 6) is 0. The summed E-state index contributed by atoms with van der Waals surface area (Å²) in [6.07, 6.45) is 4.53. The van der Waals surface area contributed by atoms with Crippen LogP contribution in [0.15, 0.2) is 48.5 Å². The maximum atomic E-state index is 9.63. The highest BCUT2D eigenvalue weighted by Gasteiger charge is 2.12. The molecule has 0 N–H and O–H groups in total. The first-order chi connectivity index (χ1) is 8.93. The molecule has 2 aromatic rings. The number of benzene rings is 2. The quantitative estimate of drug-likeness (QED) is 0.631. The third-order valence-corrected chi connectivity index (χ3v) is 3.00. The van der Waals surface area contributed by atoms with Crippen LogP contribution in [0.1, 0.15) is 22.3 Å². The van der Waals surface area contributed by atoms with Crippen molar-refractivity contribution in [2.45, 2.75) is 12.8 Å². The molecule has 0 saturated heterocycles. The fourth-order valence-corrected chi connectivity index (χ4v) is 2.22. The molecule has 19 heavy (non-hydrogen) atoms. The molecule has 0 amide bonds. The van der Waals surface area contributed by atoms with Crippen LogP contribution in [-0.2, 0) is 22.7 Å². The average molecular weight is 274 g/mol. The van der Waals surface area contributed by atoms with Crippen LogP contribution >= 0.6 is 0 Å². The Hall–Kier alpha value is -1.61. The standard InChI is InChI=1S/C14H12.C2H6O2S/c1-2-6-12-10-14-8-4-3-7-13(14)9-11(12)5-1;1-5(2,3)4/h1-8H,9-10H2;1-2H3. The molecule has 3 rings (SSSR count). The highest BCUT2D eigenvalue weighted by atomic mass is 32.2. The summed E-state index contributed by atoms with van der Waals surface area (Å²) in [5, 5.41) is 0. The second kappa shape index (κ2) is 5.57. The van der Waals surface area contributed by atoms with Crippen LogP contribution in [0.2, 0.25) is 0 Å². The van der Waals surface area contributed by atoms with E-state index in [1.54, 1.807) is 0 Å². The molecule has 0 spiro atoms. The molecule has 1 aliphatic carbocycles. The fourth-order valence-electron chi connectivity index (χ4n) is 2.22. The average Bonchev–Trinajstić information content (AvgIpc) is 2.34. The molecule has 0 bridgehead atoms. The molecule has 2 aromatic carbocycles. The van der Waals surface area contributed by atoms with E-state index < -0.39 is 9.84 Å². The van der Waals surface area contributed by atoms with E-state index in [0.29, 0.717) is 0 Å². The fraction of sp³-hybridized carbons (Fsp3) is 0.250. The first-order valence-electron chi connectivity index (χ1n) is 6.22. The molecule has 3 heteroatoms.